The molecule has 0 bridgehead atoms. The maximum Gasteiger partial charge on any atom is 0.0947 e. The molecule has 20 heavy (non-hydrogen) atoms. The van der Waals surface area contributed by atoms with Crippen LogP contribution in [0.25, 0.3) is 0 Å². The van der Waals surface area contributed by atoms with Gasteiger partial charge in [-0.25, -0.2) is 4.98 Å². The molecule has 108 valence electrons. The van der Waals surface area contributed by atoms with Crippen LogP contribution in [0.5, 0.6) is 0 Å². The summed E-state index contributed by atoms with van der Waals surface area (Å²) in [5.74, 6) is 0. The van der Waals surface area contributed by atoms with E-state index in [9.17, 15) is 0 Å². The van der Waals surface area contributed by atoms with E-state index in [-0.39, 0.29) is 0 Å². The molecule has 2 aromatic rings. The SMILES string of the molecule is CCCNC(Cc1nc(C)cs1)c1ccc(Br)cc1Br. The molecule has 0 spiro atoms. The first kappa shape index (κ1) is 16.1. The first-order chi connectivity index (χ1) is 9.60. The first-order valence-electron chi connectivity index (χ1n) is 6.69. The molecule has 0 aliphatic carbocycles. The van der Waals surface area contributed by atoms with Gasteiger partial charge in [-0.1, -0.05) is 44.8 Å². The van der Waals surface area contributed by atoms with E-state index in [1.54, 1.807) is 11.3 Å². The van der Waals surface area contributed by atoms with E-state index in [1.807, 2.05) is 6.92 Å². The van der Waals surface area contributed by atoms with Gasteiger partial charge in [0.05, 0.1) is 5.01 Å². The smallest absolute Gasteiger partial charge is 0.0947 e. The van der Waals surface area contributed by atoms with Crippen LogP contribution in [0.2, 0.25) is 0 Å². The van der Waals surface area contributed by atoms with Crippen molar-refractivity contribution in [2.75, 3.05) is 6.54 Å². The van der Waals surface area contributed by atoms with Gasteiger partial charge in [-0.2, -0.15) is 0 Å². The van der Waals surface area contributed by atoms with Crippen LogP contribution in [0.1, 0.15) is 35.7 Å². The molecule has 0 aliphatic rings. The van der Waals surface area contributed by atoms with Gasteiger partial charge in [0.1, 0.15) is 0 Å². The van der Waals surface area contributed by atoms with E-state index in [2.05, 4.69) is 72.7 Å². The van der Waals surface area contributed by atoms with E-state index in [4.69, 9.17) is 0 Å². The first-order valence-corrected chi connectivity index (χ1v) is 9.16. The van der Waals surface area contributed by atoms with Crippen LogP contribution in [0.3, 0.4) is 0 Å². The lowest BCUT2D eigenvalue weighted by Gasteiger charge is -2.19. The van der Waals surface area contributed by atoms with Crippen molar-refractivity contribution in [3.8, 4) is 0 Å². The van der Waals surface area contributed by atoms with Crippen LogP contribution in [-0.4, -0.2) is 11.5 Å². The molecule has 1 aromatic carbocycles. The molecule has 1 unspecified atom stereocenters. The van der Waals surface area contributed by atoms with E-state index >= 15 is 0 Å². The molecule has 0 radical (unpaired) electrons. The quantitative estimate of drug-likeness (QED) is 0.693. The Bertz CT molecular complexity index is 569. The minimum Gasteiger partial charge on any atom is -0.310 e. The van der Waals surface area contributed by atoms with Crippen LogP contribution in [-0.2, 0) is 6.42 Å². The number of aryl methyl sites for hydroxylation is 1. The van der Waals surface area contributed by atoms with E-state index < -0.39 is 0 Å². The number of hydrogen-bond donors (Lipinski definition) is 1. The molecule has 0 saturated heterocycles. The van der Waals surface area contributed by atoms with Crippen LogP contribution in [0, 0.1) is 6.92 Å². The van der Waals surface area contributed by atoms with Gasteiger partial charge in [-0.05, 0) is 37.6 Å². The average Bonchev–Trinajstić information content (AvgIpc) is 2.80. The Kier molecular flexibility index (Phi) is 6.20. The van der Waals surface area contributed by atoms with Crippen molar-refractivity contribution >= 4 is 43.2 Å². The molecule has 1 atom stereocenters. The fraction of sp³-hybridized carbons (Fsp3) is 0.400. The fourth-order valence-electron chi connectivity index (χ4n) is 2.07. The molecule has 2 nitrogen and oxygen atoms in total. The van der Waals surface area contributed by atoms with Crippen molar-refractivity contribution in [3.63, 3.8) is 0 Å². The maximum atomic E-state index is 4.59. The Labute approximate surface area is 141 Å². The van der Waals surface area contributed by atoms with Crippen molar-refractivity contribution in [3.05, 3.63) is 48.8 Å². The predicted molar refractivity (Wildman–Crippen MR) is 93.4 cm³/mol. The highest BCUT2D eigenvalue weighted by Gasteiger charge is 2.16. The van der Waals surface area contributed by atoms with Crippen molar-refractivity contribution < 1.29 is 0 Å². The van der Waals surface area contributed by atoms with E-state index in [0.29, 0.717) is 6.04 Å². The van der Waals surface area contributed by atoms with Crippen molar-refractivity contribution in [1.82, 2.24) is 10.3 Å². The number of rotatable bonds is 6. The van der Waals surface area contributed by atoms with Gasteiger partial charge in [-0.3, -0.25) is 0 Å². The zero-order valence-electron chi connectivity index (χ0n) is 11.6. The standard InChI is InChI=1S/C15H18Br2N2S/c1-3-6-18-14(8-15-19-10(2)9-20-15)12-5-4-11(16)7-13(12)17/h4-5,7,9,14,18H,3,6,8H2,1-2H3. The Balaban J connectivity index is 2.22. The van der Waals surface area contributed by atoms with Gasteiger partial charge < -0.3 is 5.32 Å². The average molecular weight is 418 g/mol. The molecular formula is C15H18Br2N2S. The minimum absolute atomic E-state index is 0.294. The number of nitrogens with one attached hydrogen (secondary N) is 1. The normalized spacial score (nSPS) is 12.6. The number of hydrogen-bond acceptors (Lipinski definition) is 3. The summed E-state index contributed by atoms with van der Waals surface area (Å²) in [6.07, 6.45) is 2.06. The minimum atomic E-state index is 0.294. The highest BCUT2D eigenvalue weighted by atomic mass is 79.9. The van der Waals surface area contributed by atoms with Gasteiger partial charge in [0.25, 0.3) is 0 Å². The number of benzene rings is 1. The lowest BCUT2D eigenvalue weighted by Crippen LogP contribution is -2.24. The maximum absolute atomic E-state index is 4.59. The van der Waals surface area contributed by atoms with Gasteiger partial charge in [0, 0.05) is 32.5 Å². The largest absolute Gasteiger partial charge is 0.310 e. The Hall–Kier alpha value is -0.230. The van der Waals surface area contributed by atoms with Crippen LogP contribution >= 0.6 is 43.2 Å². The summed E-state index contributed by atoms with van der Waals surface area (Å²) < 4.78 is 2.22. The number of nitrogens with zero attached hydrogens (tertiary/aromatic N) is 1. The predicted octanol–water partition coefficient (Wildman–Crippen LogP) is 5.26. The lowest BCUT2D eigenvalue weighted by atomic mass is 10.0. The second kappa shape index (κ2) is 7.69. The summed E-state index contributed by atoms with van der Waals surface area (Å²) >= 11 is 8.92. The summed E-state index contributed by atoms with van der Waals surface area (Å²) in [7, 11) is 0. The van der Waals surface area contributed by atoms with Crippen molar-refractivity contribution in [1.29, 1.82) is 0 Å². The molecule has 0 saturated carbocycles. The van der Waals surface area contributed by atoms with Crippen LogP contribution < -0.4 is 5.32 Å². The van der Waals surface area contributed by atoms with Crippen molar-refractivity contribution in [2.24, 2.45) is 0 Å². The molecule has 0 amide bonds. The molecule has 5 heteroatoms. The topological polar surface area (TPSA) is 24.9 Å². The second-order valence-electron chi connectivity index (χ2n) is 4.76. The van der Waals surface area contributed by atoms with Crippen molar-refractivity contribution in [2.45, 2.75) is 32.7 Å². The molecule has 1 aromatic heterocycles. The van der Waals surface area contributed by atoms with Gasteiger partial charge in [0.15, 0.2) is 0 Å². The summed E-state index contributed by atoms with van der Waals surface area (Å²) in [6, 6.07) is 6.65. The number of thiazole rings is 1. The number of halogens is 2. The molecule has 1 N–H and O–H groups in total. The van der Waals surface area contributed by atoms with E-state index in [0.717, 1.165) is 34.0 Å². The third kappa shape index (κ3) is 4.38. The number of aromatic nitrogens is 1. The van der Waals surface area contributed by atoms with Gasteiger partial charge in [0.2, 0.25) is 0 Å². The molecule has 1 heterocycles. The lowest BCUT2D eigenvalue weighted by molar-refractivity contribution is 0.526. The molecule has 0 fully saturated rings. The van der Waals surface area contributed by atoms with Crippen LogP contribution in [0.15, 0.2) is 32.5 Å². The van der Waals surface area contributed by atoms with Gasteiger partial charge >= 0.3 is 0 Å². The molecular weight excluding hydrogens is 400 g/mol. The summed E-state index contributed by atoms with van der Waals surface area (Å²) in [5, 5.41) is 6.93. The highest BCUT2D eigenvalue weighted by Crippen LogP contribution is 2.29. The fourth-order valence-corrected chi connectivity index (χ4v) is 4.21. The highest BCUT2D eigenvalue weighted by molar-refractivity contribution is 9.11. The monoisotopic (exact) mass is 416 g/mol. The summed E-state index contributed by atoms with van der Waals surface area (Å²) in [4.78, 5) is 4.59. The zero-order valence-corrected chi connectivity index (χ0v) is 15.6. The van der Waals surface area contributed by atoms with Crippen LogP contribution in [0.4, 0.5) is 0 Å². The Morgan fingerprint density at radius 3 is 2.75 bits per heavy atom. The third-order valence-corrected chi connectivity index (χ3v) is 5.19. The zero-order chi connectivity index (χ0) is 14.5. The Morgan fingerprint density at radius 1 is 1.35 bits per heavy atom. The summed E-state index contributed by atoms with van der Waals surface area (Å²) in [6.45, 7) is 5.25. The summed E-state index contributed by atoms with van der Waals surface area (Å²) in [5.41, 5.74) is 2.39. The molecule has 2 rings (SSSR count). The second-order valence-corrected chi connectivity index (χ2v) is 7.47. The molecule has 0 aliphatic heterocycles. The van der Waals surface area contributed by atoms with E-state index in [1.165, 1.54) is 10.6 Å². The van der Waals surface area contributed by atoms with Gasteiger partial charge in [-0.15, -0.1) is 11.3 Å². The Morgan fingerprint density at radius 2 is 2.15 bits per heavy atom. The third-order valence-electron chi connectivity index (χ3n) is 3.02.